The minimum Gasteiger partial charge on any atom is -0.234 e. The van der Waals surface area contributed by atoms with Gasteiger partial charge in [0.25, 0.3) is 0 Å². The quantitative estimate of drug-likeness (QED) is 0.470. The van der Waals surface area contributed by atoms with Crippen molar-refractivity contribution in [1.82, 2.24) is 9.97 Å². The third-order valence-electron chi connectivity index (χ3n) is 3.61. The molecule has 2 nitrogen and oxygen atoms in total. The van der Waals surface area contributed by atoms with Crippen LogP contribution < -0.4 is 0 Å². The molecule has 23 heavy (non-hydrogen) atoms. The Labute approximate surface area is 135 Å². The summed E-state index contributed by atoms with van der Waals surface area (Å²) in [5, 5.41) is -0.506. The molecule has 0 atom stereocenters. The molecule has 1 aliphatic carbocycles. The molecular formula is C13H4Cl2F6N2. The molecule has 0 N–H and O–H groups in total. The second-order valence-corrected chi connectivity index (χ2v) is 5.58. The van der Waals surface area contributed by atoms with Gasteiger partial charge in [0.05, 0.1) is 11.4 Å². The first-order valence-corrected chi connectivity index (χ1v) is 6.73. The number of pyridine rings is 2. The predicted molar refractivity (Wildman–Crippen MR) is 70.4 cm³/mol. The van der Waals surface area contributed by atoms with Crippen LogP contribution in [0, 0.1) is 0 Å². The van der Waals surface area contributed by atoms with Crippen LogP contribution in [0.25, 0.3) is 11.4 Å². The van der Waals surface area contributed by atoms with Crippen LogP contribution in [0.5, 0.6) is 0 Å². The summed E-state index contributed by atoms with van der Waals surface area (Å²) in [6.45, 7) is 0. The zero-order valence-electron chi connectivity index (χ0n) is 10.7. The monoisotopic (exact) mass is 372 g/mol. The Hall–Kier alpha value is -1.54. The van der Waals surface area contributed by atoms with Gasteiger partial charge < -0.3 is 0 Å². The fourth-order valence-corrected chi connectivity index (χ4v) is 3.05. The Kier molecular flexibility index (Phi) is 3.36. The van der Waals surface area contributed by atoms with Gasteiger partial charge in [-0.15, -0.1) is 0 Å². The van der Waals surface area contributed by atoms with Crippen LogP contribution in [0.3, 0.4) is 0 Å². The molecule has 3 rings (SSSR count). The van der Waals surface area contributed by atoms with E-state index in [9.17, 15) is 26.3 Å². The van der Waals surface area contributed by atoms with Crippen LogP contribution >= 0.6 is 23.2 Å². The van der Waals surface area contributed by atoms with Gasteiger partial charge in [0.1, 0.15) is 10.3 Å². The first kappa shape index (κ1) is 16.3. The number of nitrogens with zero attached hydrogens (tertiary/aromatic N) is 2. The van der Waals surface area contributed by atoms with E-state index < -0.39 is 40.3 Å². The summed E-state index contributed by atoms with van der Waals surface area (Å²) in [6, 6.07) is 3.09. The third kappa shape index (κ3) is 2.04. The molecule has 0 saturated carbocycles. The topological polar surface area (TPSA) is 25.8 Å². The largest absolute Gasteiger partial charge is 0.411 e. The molecule has 0 aliphatic heterocycles. The second kappa shape index (κ2) is 4.73. The predicted octanol–water partition coefficient (Wildman–Crippen LogP) is 5.17. The van der Waals surface area contributed by atoms with E-state index in [2.05, 4.69) is 9.97 Å². The van der Waals surface area contributed by atoms with Gasteiger partial charge in [-0.25, -0.2) is 9.97 Å². The SMILES string of the molecule is FC(F)(F)C1(C(F)(F)F)c2ccc(Cl)nc2-c2nc(Cl)ccc21. The van der Waals surface area contributed by atoms with Gasteiger partial charge in [0.2, 0.25) is 5.41 Å². The van der Waals surface area contributed by atoms with Crippen molar-refractivity contribution >= 4 is 23.2 Å². The highest BCUT2D eigenvalue weighted by Gasteiger charge is 2.76. The Morgan fingerprint density at radius 3 is 1.35 bits per heavy atom. The van der Waals surface area contributed by atoms with Gasteiger partial charge in [-0.05, 0) is 12.1 Å². The molecule has 0 aromatic carbocycles. The lowest BCUT2D eigenvalue weighted by molar-refractivity contribution is -0.287. The van der Waals surface area contributed by atoms with E-state index in [1.54, 1.807) is 0 Å². The van der Waals surface area contributed by atoms with Gasteiger partial charge in [0, 0.05) is 11.1 Å². The first-order chi connectivity index (χ1) is 10.5. The van der Waals surface area contributed by atoms with Crippen molar-refractivity contribution in [3.63, 3.8) is 0 Å². The van der Waals surface area contributed by atoms with Crippen LogP contribution in [-0.2, 0) is 5.41 Å². The number of rotatable bonds is 0. The highest BCUT2D eigenvalue weighted by Crippen LogP contribution is 2.62. The lowest BCUT2D eigenvalue weighted by Crippen LogP contribution is -2.53. The van der Waals surface area contributed by atoms with Crippen LogP contribution in [0.1, 0.15) is 11.1 Å². The lowest BCUT2D eigenvalue weighted by atomic mass is 9.77. The molecule has 0 spiro atoms. The number of fused-ring (bicyclic) bond motifs is 3. The first-order valence-electron chi connectivity index (χ1n) is 5.98. The average molecular weight is 373 g/mol. The average Bonchev–Trinajstić information content (AvgIpc) is 2.68. The second-order valence-electron chi connectivity index (χ2n) is 4.81. The van der Waals surface area contributed by atoms with Crippen molar-refractivity contribution in [2.45, 2.75) is 17.8 Å². The van der Waals surface area contributed by atoms with E-state index in [1.807, 2.05) is 0 Å². The van der Waals surface area contributed by atoms with Crippen molar-refractivity contribution in [3.05, 3.63) is 45.7 Å². The Morgan fingerprint density at radius 1 is 0.696 bits per heavy atom. The summed E-state index contributed by atoms with van der Waals surface area (Å²) < 4.78 is 81.8. The van der Waals surface area contributed by atoms with Gasteiger partial charge in [-0.1, -0.05) is 35.3 Å². The summed E-state index contributed by atoms with van der Waals surface area (Å²) in [4.78, 5) is 7.21. The van der Waals surface area contributed by atoms with Gasteiger partial charge >= 0.3 is 12.4 Å². The summed E-state index contributed by atoms with van der Waals surface area (Å²) in [5.41, 5.74) is -7.51. The van der Waals surface area contributed by atoms with Crippen molar-refractivity contribution in [1.29, 1.82) is 0 Å². The summed E-state index contributed by atoms with van der Waals surface area (Å²) in [5.74, 6) is 0. The maximum absolute atomic E-state index is 13.6. The van der Waals surface area contributed by atoms with E-state index in [0.29, 0.717) is 12.1 Å². The number of alkyl halides is 6. The third-order valence-corrected chi connectivity index (χ3v) is 4.03. The minimum absolute atomic E-state index is 0.253. The number of hydrogen-bond donors (Lipinski definition) is 0. The highest BCUT2D eigenvalue weighted by molar-refractivity contribution is 6.30. The Bertz CT molecular complexity index is 733. The normalized spacial score (nSPS) is 16.2. The molecule has 2 heterocycles. The van der Waals surface area contributed by atoms with Crippen molar-refractivity contribution in [2.24, 2.45) is 0 Å². The molecule has 0 fully saturated rings. The molecule has 0 amide bonds. The van der Waals surface area contributed by atoms with E-state index in [0.717, 1.165) is 12.1 Å². The van der Waals surface area contributed by atoms with Gasteiger partial charge in [-0.3, -0.25) is 0 Å². The standard InChI is InChI=1S/C13H4Cl2F6N2/c14-7-3-1-5-9(22-7)10-6(2-4-8(15)23-10)11(5,12(16,17)18)13(19,20)21/h1-4H. The van der Waals surface area contributed by atoms with Crippen LogP contribution in [0.4, 0.5) is 26.3 Å². The zero-order valence-corrected chi connectivity index (χ0v) is 12.2. The van der Waals surface area contributed by atoms with E-state index in [4.69, 9.17) is 23.2 Å². The van der Waals surface area contributed by atoms with Gasteiger partial charge in [-0.2, -0.15) is 26.3 Å². The Balaban J connectivity index is 2.53. The van der Waals surface area contributed by atoms with Gasteiger partial charge in [0.15, 0.2) is 0 Å². The van der Waals surface area contributed by atoms with E-state index >= 15 is 0 Å². The molecule has 2 aromatic heterocycles. The van der Waals surface area contributed by atoms with Crippen LogP contribution in [0.2, 0.25) is 10.3 Å². The minimum atomic E-state index is -5.66. The molecule has 0 unspecified atom stereocenters. The Morgan fingerprint density at radius 2 is 1.04 bits per heavy atom. The number of hydrogen-bond acceptors (Lipinski definition) is 2. The molecular weight excluding hydrogens is 369 g/mol. The molecule has 10 heteroatoms. The summed E-state index contributed by atoms with van der Waals surface area (Å²) in [7, 11) is 0. The molecule has 0 saturated heterocycles. The van der Waals surface area contributed by atoms with Crippen molar-refractivity contribution in [3.8, 4) is 11.4 Å². The fourth-order valence-electron chi connectivity index (χ4n) is 2.75. The number of aromatic nitrogens is 2. The number of halogens is 8. The summed E-state index contributed by atoms with van der Waals surface area (Å²) in [6.07, 6.45) is -11.3. The highest BCUT2D eigenvalue weighted by atomic mass is 35.5. The van der Waals surface area contributed by atoms with Crippen LogP contribution in [-0.4, -0.2) is 22.3 Å². The van der Waals surface area contributed by atoms with E-state index in [-0.39, 0.29) is 10.3 Å². The van der Waals surface area contributed by atoms with Crippen molar-refractivity contribution < 1.29 is 26.3 Å². The smallest absolute Gasteiger partial charge is 0.234 e. The molecule has 0 bridgehead atoms. The summed E-state index contributed by atoms with van der Waals surface area (Å²) >= 11 is 11.2. The lowest BCUT2D eigenvalue weighted by Gasteiger charge is -2.35. The maximum Gasteiger partial charge on any atom is 0.411 e. The molecule has 122 valence electrons. The molecule has 1 aliphatic rings. The maximum atomic E-state index is 13.6. The van der Waals surface area contributed by atoms with Crippen LogP contribution in [0.15, 0.2) is 24.3 Å². The van der Waals surface area contributed by atoms with Crippen molar-refractivity contribution in [2.75, 3.05) is 0 Å². The molecule has 2 aromatic rings. The van der Waals surface area contributed by atoms with E-state index in [1.165, 1.54) is 0 Å². The fraction of sp³-hybridized carbons (Fsp3) is 0.231. The molecule has 0 radical (unpaired) electrons. The zero-order chi connectivity index (χ0) is 17.2.